The van der Waals surface area contributed by atoms with Gasteiger partial charge in [0.2, 0.25) is 5.91 Å². The van der Waals surface area contributed by atoms with Gasteiger partial charge in [-0.05, 0) is 0 Å². The molecule has 0 aromatic carbocycles. The molecule has 0 bridgehead atoms. The van der Waals surface area contributed by atoms with Gasteiger partial charge in [0.25, 0.3) is 0 Å². The van der Waals surface area contributed by atoms with Crippen molar-refractivity contribution in [3.63, 3.8) is 0 Å². The molecule has 4 atom stereocenters. The molecule has 3 saturated heterocycles. The number of ether oxygens (including phenoxy) is 1. The van der Waals surface area contributed by atoms with E-state index in [2.05, 4.69) is 46.9 Å². The summed E-state index contributed by atoms with van der Waals surface area (Å²) in [5.41, 5.74) is 0. The van der Waals surface area contributed by atoms with Crippen LogP contribution in [0.3, 0.4) is 0 Å². The van der Waals surface area contributed by atoms with Gasteiger partial charge in [-0.15, -0.1) is 0 Å². The maximum atomic E-state index is 12.1. The lowest BCUT2D eigenvalue weighted by molar-refractivity contribution is -0.125. The molecule has 0 saturated carbocycles. The topological polar surface area (TPSA) is 97.3 Å². The number of nitrogens with one attached hydrogen (secondary N) is 1. The highest BCUT2D eigenvalue weighted by molar-refractivity contribution is 6.73. The zero-order valence-corrected chi connectivity index (χ0v) is 17.4. The fraction of sp³-hybridized carbons (Fsp3) is 0.882. The summed E-state index contributed by atoms with van der Waals surface area (Å²) < 4.78 is 18.8. The predicted molar refractivity (Wildman–Crippen MR) is 95.5 cm³/mol. The van der Waals surface area contributed by atoms with Gasteiger partial charge in [0, 0.05) is 23.0 Å². The number of aliphatic hydroxyl groups is 1. The Balaban J connectivity index is 1.84. The van der Waals surface area contributed by atoms with Crippen LogP contribution in [0.25, 0.3) is 0 Å². The number of hydrogen-bond acceptors (Lipinski definition) is 6. The number of hydrogen-bond donors (Lipinski definition) is 2. The highest BCUT2D eigenvalue weighted by Gasteiger charge is 2.65. The van der Waals surface area contributed by atoms with Crippen LogP contribution in [-0.2, 0) is 18.4 Å². The van der Waals surface area contributed by atoms with Gasteiger partial charge in [-0.25, -0.2) is 4.79 Å². The SMILES string of the molecule is CC(C)(C)[Si]1(C(C)(C)C)OC[C@H]2O[C@@H](N3CCC(=O)NC3=O)[C@H](O)[C@@H]2O1. The molecular weight excluding hydrogens is 356 g/mol. The minimum Gasteiger partial charge on any atom is -0.391 e. The van der Waals surface area contributed by atoms with Gasteiger partial charge in [0.1, 0.15) is 18.3 Å². The monoisotopic (exact) mass is 386 g/mol. The Hall–Kier alpha value is -1.00. The molecule has 8 nitrogen and oxygen atoms in total. The van der Waals surface area contributed by atoms with E-state index in [1.807, 2.05) is 0 Å². The number of rotatable bonds is 1. The number of carbonyl (C=O) groups is 2. The summed E-state index contributed by atoms with van der Waals surface area (Å²) in [6.07, 6.45) is -2.63. The lowest BCUT2D eigenvalue weighted by Crippen LogP contribution is -2.65. The lowest BCUT2D eigenvalue weighted by Gasteiger charge is -2.53. The maximum absolute atomic E-state index is 12.1. The Morgan fingerprint density at radius 2 is 1.77 bits per heavy atom. The van der Waals surface area contributed by atoms with E-state index in [1.165, 1.54) is 4.90 Å². The van der Waals surface area contributed by atoms with Gasteiger partial charge in [-0.3, -0.25) is 15.0 Å². The molecule has 0 aromatic heterocycles. The van der Waals surface area contributed by atoms with Crippen LogP contribution >= 0.6 is 0 Å². The summed E-state index contributed by atoms with van der Waals surface area (Å²) in [7, 11) is -2.73. The molecule has 0 aromatic rings. The molecule has 148 valence electrons. The third kappa shape index (κ3) is 2.99. The number of fused-ring (bicyclic) bond motifs is 1. The molecule has 3 aliphatic heterocycles. The number of urea groups is 1. The van der Waals surface area contributed by atoms with Crippen molar-refractivity contribution < 1.29 is 28.3 Å². The fourth-order valence-corrected chi connectivity index (χ4v) is 9.38. The van der Waals surface area contributed by atoms with Crippen LogP contribution < -0.4 is 5.32 Å². The summed E-state index contributed by atoms with van der Waals surface area (Å²) in [5.74, 6) is -0.317. The number of carbonyl (C=O) groups excluding carboxylic acids is 2. The van der Waals surface area contributed by atoms with Crippen LogP contribution in [0, 0.1) is 0 Å². The van der Waals surface area contributed by atoms with Gasteiger partial charge in [0.15, 0.2) is 6.23 Å². The Morgan fingerprint density at radius 3 is 2.31 bits per heavy atom. The molecule has 3 heterocycles. The zero-order valence-electron chi connectivity index (χ0n) is 16.4. The Labute approximate surface area is 155 Å². The third-order valence-electron chi connectivity index (χ3n) is 5.43. The van der Waals surface area contributed by atoms with E-state index in [0.717, 1.165) is 0 Å². The molecule has 3 fully saturated rings. The quantitative estimate of drug-likeness (QED) is 0.663. The third-order valence-corrected chi connectivity index (χ3v) is 10.6. The predicted octanol–water partition coefficient (Wildman–Crippen LogP) is 1.47. The molecule has 26 heavy (non-hydrogen) atoms. The second-order valence-electron chi connectivity index (χ2n) is 9.36. The first kappa shape index (κ1) is 19.8. The molecule has 3 rings (SSSR count). The first-order valence-electron chi connectivity index (χ1n) is 9.13. The van der Waals surface area contributed by atoms with E-state index in [1.54, 1.807) is 0 Å². The summed E-state index contributed by atoms with van der Waals surface area (Å²) in [6, 6.07) is -0.542. The van der Waals surface area contributed by atoms with E-state index in [9.17, 15) is 14.7 Å². The molecule has 3 amide bonds. The van der Waals surface area contributed by atoms with Crippen molar-refractivity contribution in [2.75, 3.05) is 13.2 Å². The molecule has 2 N–H and O–H groups in total. The van der Waals surface area contributed by atoms with Crippen LogP contribution in [-0.4, -0.2) is 68.2 Å². The van der Waals surface area contributed by atoms with Gasteiger partial charge in [-0.2, -0.15) is 0 Å². The average molecular weight is 387 g/mol. The van der Waals surface area contributed by atoms with Crippen LogP contribution in [0.4, 0.5) is 4.79 Å². The molecule has 9 heteroatoms. The minimum atomic E-state index is -2.73. The highest BCUT2D eigenvalue weighted by atomic mass is 28.4. The van der Waals surface area contributed by atoms with E-state index < -0.39 is 39.1 Å². The summed E-state index contributed by atoms with van der Waals surface area (Å²) in [4.78, 5) is 24.9. The van der Waals surface area contributed by atoms with Gasteiger partial charge in [0.05, 0.1) is 6.61 Å². The molecule has 0 unspecified atom stereocenters. The van der Waals surface area contributed by atoms with Gasteiger partial charge < -0.3 is 18.7 Å². The van der Waals surface area contributed by atoms with Crippen molar-refractivity contribution in [1.29, 1.82) is 0 Å². The second kappa shape index (κ2) is 6.27. The summed E-state index contributed by atoms with van der Waals surface area (Å²) in [5, 5.41) is 12.7. The second-order valence-corrected chi connectivity index (χ2v) is 14.1. The van der Waals surface area contributed by atoms with Crippen LogP contribution in [0.1, 0.15) is 48.0 Å². The van der Waals surface area contributed by atoms with Crippen molar-refractivity contribution >= 4 is 20.5 Å². The number of amides is 3. The number of imide groups is 1. The molecule has 3 aliphatic rings. The first-order chi connectivity index (χ1) is 11.9. The number of nitrogens with zero attached hydrogens (tertiary/aromatic N) is 1. The van der Waals surface area contributed by atoms with Gasteiger partial charge in [-0.1, -0.05) is 41.5 Å². The Kier molecular flexibility index (Phi) is 4.76. The normalized spacial score (nSPS) is 35.3. The minimum absolute atomic E-state index is 0.188. The van der Waals surface area contributed by atoms with Crippen LogP contribution in [0.2, 0.25) is 10.1 Å². The first-order valence-corrected chi connectivity index (χ1v) is 10.9. The van der Waals surface area contributed by atoms with Crippen molar-refractivity contribution in [2.45, 2.75) is 82.6 Å². The van der Waals surface area contributed by atoms with E-state index in [4.69, 9.17) is 13.6 Å². The van der Waals surface area contributed by atoms with Crippen molar-refractivity contribution in [3.05, 3.63) is 0 Å². The fourth-order valence-electron chi connectivity index (χ4n) is 4.41. The van der Waals surface area contributed by atoms with Gasteiger partial charge >= 0.3 is 14.6 Å². The van der Waals surface area contributed by atoms with E-state index in [0.29, 0.717) is 6.61 Å². The van der Waals surface area contributed by atoms with Crippen molar-refractivity contribution in [1.82, 2.24) is 10.2 Å². The number of aliphatic hydroxyl groups excluding tert-OH is 1. The van der Waals surface area contributed by atoms with Crippen molar-refractivity contribution in [2.24, 2.45) is 0 Å². The maximum Gasteiger partial charge on any atom is 0.349 e. The van der Waals surface area contributed by atoms with Crippen LogP contribution in [0.5, 0.6) is 0 Å². The zero-order chi connectivity index (χ0) is 19.5. The highest BCUT2D eigenvalue weighted by Crippen LogP contribution is 2.55. The Morgan fingerprint density at radius 1 is 1.15 bits per heavy atom. The molecular formula is C17H30N2O6Si. The molecule has 0 aliphatic carbocycles. The van der Waals surface area contributed by atoms with Crippen molar-refractivity contribution in [3.8, 4) is 0 Å². The Bertz CT molecular complexity index is 585. The molecule has 0 spiro atoms. The van der Waals surface area contributed by atoms with Crippen LogP contribution in [0.15, 0.2) is 0 Å². The lowest BCUT2D eigenvalue weighted by atomic mass is 10.1. The smallest absolute Gasteiger partial charge is 0.349 e. The van der Waals surface area contributed by atoms with E-state index >= 15 is 0 Å². The average Bonchev–Trinajstić information content (AvgIpc) is 2.81. The largest absolute Gasteiger partial charge is 0.391 e. The summed E-state index contributed by atoms with van der Waals surface area (Å²) in [6.45, 7) is 13.2. The van der Waals surface area contributed by atoms with E-state index in [-0.39, 0.29) is 28.9 Å². The molecule has 0 radical (unpaired) electrons. The standard InChI is InChI=1S/C17H30N2O6Si/c1-16(2,3)26(17(4,5)6)23-9-10-13(25-26)12(21)14(24-10)19-8-7-11(20)18-15(19)22/h10,12-14,21H,7-9H2,1-6H3,(H,18,20,22)/t10-,12-,13-,14-/m1/s1. The summed E-state index contributed by atoms with van der Waals surface area (Å²) >= 11 is 0.